The van der Waals surface area contributed by atoms with Crippen LogP contribution in [-0.2, 0) is 4.79 Å². The van der Waals surface area contributed by atoms with Crippen LogP contribution in [0.15, 0.2) is 72.9 Å². The van der Waals surface area contributed by atoms with Gasteiger partial charge in [-0.3, -0.25) is 9.59 Å². The first kappa shape index (κ1) is 20.6. The average Bonchev–Trinajstić information content (AvgIpc) is 2.79. The number of hydrogen-bond acceptors (Lipinski definition) is 5. The number of carbonyl (C=O) groups excluding carboxylic acids is 2. The molecule has 0 saturated carbocycles. The van der Waals surface area contributed by atoms with Crippen LogP contribution in [0.25, 0.3) is 6.08 Å². The van der Waals surface area contributed by atoms with Crippen LogP contribution in [0.4, 0.5) is 5.69 Å². The van der Waals surface area contributed by atoms with Gasteiger partial charge in [0.05, 0.1) is 7.11 Å². The van der Waals surface area contributed by atoms with Crippen LogP contribution in [0.3, 0.4) is 0 Å². The van der Waals surface area contributed by atoms with Gasteiger partial charge in [-0.1, -0.05) is 12.1 Å². The van der Waals surface area contributed by atoms with Crippen LogP contribution in [0, 0.1) is 0 Å². The third-order valence-corrected chi connectivity index (χ3v) is 4.13. The van der Waals surface area contributed by atoms with E-state index in [4.69, 9.17) is 9.47 Å². The van der Waals surface area contributed by atoms with Crippen LogP contribution in [0.5, 0.6) is 17.4 Å². The van der Waals surface area contributed by atoms with Gasteiger partial charge < -0.3 is 20.1 Å². The van der Waals surface area contributed by atoms with Crippen LogP contribution >= 0.6 is 0 Å². The predicted molar refractivity (Wildman–Crippen MR) is 115 cm³/mol. The molecule has 2 aromatic carbocycles. The van der Waals surface area contributed by atoms with E-state index in [9.17, 15) is 9.59 Å². The van der Waals surface area contributed by atoms with Gasteiger partial charge in [0.1, 0.15) is 17.2 Å². The highest BCUT2D eigenvalue weighted by Gasteiger charge is 2.09. The van der Waals surface area contributed by atoms with Crippen molar-refractivity contribution in [2.45, 2.75) is 0 Å². The summed E-state index contributed by atoms with van der Waals surface area (Å²) in [5, 5.41) is 5.32. The summed E-state index contributed by atoms with van der Waals surface area (Å²) in [7, 11) is 3.16. The second kappa shape index (κ2) is 9.88. The molecule has 0 saturated heterocycles. The molecule has 0 aliphatic carbocycles. The summed E-state index contributed by atoms with van der Waals surface area (Å²) >= 11 is 0. The van der Waals surface area contributed by atoms with E-state index in [1.165, 1.54) is 6.08 Å². The molecule has 0 fully saturated rings. The maximum absolute atomic E-state index is 12.3. The van der Waals surface area contributed by atoms with Crippen molar-refractivity contribution in [1.82, 2.24) is 10.3 Å². The maximum atomic E-state index is 12.3. The number of nitrogens with one attached hydrogen (secondary N) is 2. The predicted octanol–water partition coefficient (Wildman–Crippen LogP) is 3.89. The molecule has 3 aromatic rings. The van der Waals surface area contributed by atoms with E-state index in [0.29, 0.717) is 22.7 Å². The highest BCUT2D eigenvalue weighted by molar-refractivity contribution is 6.02. The maximum Gasteiger partial charge on any atom is 0.251 e. The molecule has 7 nitrogen and oxygen atoms in total. The van der Waals surface area contributed by atoms with Gasteiger partial charge in [-0.05, 0) is 60.2 Å². The second-order valence-electron chi connectivity index (χ2n) is 6.16. The summed E-state index contributed by atoms with van der Waals surface area (Å²) < 4.78 is 10.9. The SMILES string of the molecule is CNC(=O)c1ccc(/C=C/C(=O)Nc2cccnc2Oc2ccc(OC)cc2)cc1. The molecular weight excluding hydrogens is 382 g/mol. The van der Waals surface area contributed by atoms with E-state index < -0.39 is 0 Å². The molecule has 0 radical (unpaired) electrons. The molecule has 0 aliphatic rings. The first-order chi connectivity index (χ1) is 14.6. The van der Waals surface area contributed by atoms with E-state index in [0.717, 1.165) is 5.56 Å². The van der Waals surface area contributed by atoms with Gasteiger partial charge in [0, 0.05) is 24.9 Å². The number of aromatic nitrogens is 1. The highest BCUT2D eigenvalue weighted by Crippen LogP contribution is 2.28. The van der Waals surface area contributed by atoms with Gasteiger partial charge in [0.2, 0.25) is 11.8 Å². The number of pyridine rings is 1. The van der Waals surface area contributed by atoms with Gasteiger partial charge in [-0.15, -0.1) is 0 Å². The normalized spacial score (nSPS) is 10.5. The Morgan fingerprint density at radius 2 is 1.67 bits per heavy atom. The molecule has 0 unspecified atom stereocenters. The third kappa shape index (κ3) is 5.45. The molecule has 0 aliphatic heterocycles. The Morgan fingerprint density at radius 1 is 0.967 bits per heavy atom. The molecule has 1 heterocycles. The Morgan fingerprint density at radius 3 is 2.33 bits per heavy atom. The molecule has 0 bridgehead atoms. The molecule has 0 spiro atoms. The smallest absolute Gasteiger partial charge is 0.251 e. The first-order valence-electron chi connectivity index (χ1n) is 9.17. The van der Waals surface area contributed by atoms with Crippen molar-refractivity contribution in [3.8, 4) is 17.4 Å². The average molecular weight is 403 g/mol. The minimum atomic E-state index is -0.335. The number of methoxy groups -OCH3 is 1. The van der Waals surface area contributed by atoms with Crippen molar-refractivity contribution in [2.75, 3.05) is 19.5 Å². The molecule has 1 aromatic heterocycles. The zero-order valence-electron chi connectivity index (χ0n) is 16.6. The molecular formula is C23H21N3O4. The molecule has 30 heavy (non-hydrogen) atoms. The third-order valence-electron chi connectivity index (χ3n) is 4.13. The van der Waals surface area contributed by atoms with E-state index in [1.807, 2.05) is 0 Å². The largest absolute Gasteiger partial charge is 0.497 e. The molecule has 152 valence electrons. The fraction of sp³-hybridized carbons (Fsp3) is 0.0870. The summed E-state index contributed by atoms with van der Waals surface area (Å²) in [6.07, 6.45) is 4.64. The minimum Gasteiger partial charge on any atom is -0.497 e. The van der Waals surface area contributed by atoms with Gasteiger partial charge in [-0.25, -0.2) is 4.98 Å². The lowest BCUT2D eigenvalue weighted by Gasteiger charge is -2.10. The van der Waals surface area contributed by atoms with Crippen LogP contribution < -0.4 is 20.1 Å². The fourth-order valence-corrected chi connectivity index (χ4v) is 2.56. The zero-order valence-corrected chi connectivity index (χ0v) is 16.6. The lowest BCUT2D eigenvalue weighted by Crippen LogP contribution is -2.17. The summed E-state index contributed by atoms with van der Waals surface area (Å²) in [4.78, 5) is 28.1. The zero-order chi connectivity index (χ0) is 21.3. The van der Waals surface area contributed by atoms with Crippen molar-refractivity contribution in [1.29, 1.82) is 0 Å². The number of nitrogens with zero attached hydrogens (tertiary/aromatic N) is 1. The van der Waals surface area contributed by atoms with Crippen molar-refractivity contribution >= 4 is 23.6 Å². The highest BCUT2D eigenvalue weighted by atomic mass is 16.5. The van der Waals surface area contributed by atoms with E-state index in [-0.39, 0.29) is 17.7 Å². The topological polar surface area (TPSA) is 89.6 Å². The number of benzene rings is 2. The quantitative estimate of drug-likeness (QED) is 0.584. The Kier molecular flexibility index (Phi) is 6.78. The van der Waals surface area contributed by atoms with Crippen molar-refractivity contribution in [3.05, 3.63) is 84.1 Å². The molecule has 2 amide bonds. The van der Waals surface area contributed by atoms with Crippen molar-refractivity contribution in [2.24, 2.45) is 0 Å². The Balaban J connectivity index is 1.66. The second-order valence-corrected chi connectivity index (χ2v) is 6.16. The van der Waals surface area contributed by atoms with E-state index >= 15 is 0 Å². The van der Waals surface area contributed by atoms with Crippen LogP contribution in [0.1, 0.15) is 15.9 Å². The lowest BCUT2D eigenvalue weighted by atomic mass is 10.1. The monoisotopic (exact) mass is 403 g/mol. The van der Waals surface area contributed by atoms with E-state index in [2.05, 4.69) is 15.6 Å². The van der Waals surface area contributed by atoms with Gasteiger partial charge in [0.15, 0.2) is 0 Å². The van der Waals surface area contributed by atoms with Crippen LogP contribution in [-0.4, -0.2) is 31.0 Å². The molecule has 7 heteroatoms. The van der Waals surface area contributed by atoms with Crippen LogP contribution in [0.2, 0.25) is 0 Å². The first-order valence-corrected chi connectivity index (χ1v) is 9.17. The summed E-state index contributed by atoms with van der Waals surface area (Å²) in [6.45, 7) is 0. The lowest BCUT2D eigenvalue weighted by molar-refractivity contribution is -0.111. The molecule has 2 N–H and O–H groups in total. The minimum absolute atomic E-state index is 0.163. The van der Waals surface area contributed by atoms with E-state index in [1.54, 1.807) is 87.1 Å². The summed E-state index contributed by atoms with van der Waals surface area (Å²) in [5.41, 5.74) is 1.78. The number of rotatable bonds is 7. The summed E-state index contributed by atoms with van der Waals surface area (Å²) in [6, 6.07) is 17.4. The number of carbonyl (C=O) groups is 2. The van der Waals surface area contributed by atoms with Crippen molar-refractivity contribution in [3.63, 3.8) is 0 Å². The molecule has 3 rings (SSSR count). The summed E-state index contributed by atoms with van der Waals surface area (Å²) in [5.74, 6) is 1.06. The number of ether oxygens (including phenoxy) is 2. The number of anilines is 1. The number of hydrogen-bond donors (Lipinski definition) is 2. The number of amides is 2. The van der Waals surface area contributed by atoms with Crippen molar-refractivity contribution < 1.29 is 19.1 Å². The van der Waals surface area contributed by atoms with Gasteiger partial charge in [0.25, 0.3) is 5.91 Å². The van der Waals surface area contributed by atoms with Gasteiger partial charge in [-0.2, -0.15) is 0 Å². The Labute approximate surface area is 174 Å². The van der Waals surface area contributed by atoms with Gasteiger partial charge >= 0.3 is 0 Å². The molecule has 0 atom stereocenters. The fourth-order valence-electron chi connectivity index (χ4n) is 2.56. The standard InChI is InChI=1S/C23H21N3O4/c1-24-22(28)17-8-5-16(6-9-17)7-14-21(27)26-20-4-3-15-25-23(20)30-19-12-10-18(29-2)11-13-19/h3-15H,1-2H3,(H,24,28)(H,26,27)/b14-7+. The Bertz CT molecular complexity index is 1040. The Hall–Kier alpha value is -4.13.